The number of aromatic nitrogens is 2. The zero-order valence-electron chi connectivity index (χ0n) is 9.23. The predicted molar refractivity (Wildman–Crippen MR) is 59.4 cm³/mol. The van der Waals surface area contributed by atoms with Crippen molar-refractivity contribution in [2.75, 3.05) is 5.32 Å². The number of aliphatic carboxylic acids is 1. The molecule has 86 valence electrons. The summed E-state index contributed by atoms with van der Waals surface area (Å²) in [5.74, 6) is -0.149. The molecule has 1 aliphatic rings. The highest BCUT2D eigenvalue weighted by molar-refractivity contribution is 5.77. The lowest BCUT2D eigenvalue weighted by Crippen LogP contribution is -2.29. The van der Waals surface area contributed by atoms with Gasteiger partial charge in [0.25, 0.3) is 0 Å². The summed E-state index contributed by atoms with van der Waals surface area (Å²) >= 11 is 0. The van der Waals surface area contributed by atoms with Gasteiger partial charge in [0.2, 0.25) is 0 Å². The van der Waals surface area contributed by atoms with Crippen LogP contribution in [0.3, 0.4) is 0 Å². The first-order chi connectivity index (χ1) is 7.72. The minimum atomic E-state index is -0.840. The molecule has 2 rings (SSSR count). The highest BCUT2D eigenvalue weighted by atomic mass is 16.4. The lowest BCUT2D eigenvalue weighted by Gasteiger charge is -2.15. The van der Waals surface area contributed by atoms with Crippen LogP contribution in [0.25, 0.3) is 0 Å². The molecule has 0 bridgehead atoms. The van der Waals surface area contributed by atoms with E-state index in [1.54, 1.807) is 0 Å². The fraction of sp³-hybridized carbons (Fsp3) is 0.545. The van der Waals surface area contributed by atoms with Gasteiger partial charge in [0.15, 0.2) is 0 Å². The minimum absolute atomic E-state index is 0.536. The Labute approximate surface area is 93.9 Å². The van der Waals surface area contributed by atoms with Crippen LogP contribution >= 0.6 is 0 Å². The van der Waals surface area contributed by atoms with Gasteiger partial charge in [-0.1, -0.05) is 6.92 Å². The van der Waals surface area contributed by atoms with Crippen molar-refractivity contribution < 1.29 is 9.90 Å². The van der Waals surface area contributed by atoms with Gasteiger partial charge in [-0.2, -0.15) is 0 Å². The SMILES string of the molecule is CCC(Nc1ncnc2c1CCC2)C(=O)O. The largest absolute Gasteiger partial charge is 0.480 e. The van der Waals surface area contributed by atoms with Crippen LogP contribution in [-0.2, 0) is 17.6 Å². The van der Waals surface area contributed by atoms with Crippen LogP contribution in [0.5, 0.6) is 0 Å². The van der Waals surface area contributed by atoms with E-state index in [-0.39, 0.29) is 0 Å². The number of anilines is 1. The number of carbonyl (C=O) groups is 1. The van der Waals surface area contributed by atoms with Crippen molar-refractivity contribution in [2.45, 2.75) is 38.6 Å². The second kappa shape index (κ2) is 4.47. The van der Waals surface area contributed by atoms with Crippen LogP contribution in [0, 0.1) is 0 Å². The number of hydrogen-bond donors (Lipinski definition) is 2. The molecular weight excluding hydrogens is 206 g/mol. The van der Waals surface area contributed by atoms with Crippen molar-refractivity contribution in [1.29, 1.82) is 0 Å². The van der Waals surface area contributed by atoms with Gasteiger partial charge in [-0.15, -0.1) is 0 Å². The summed E-state index contributed by atoms with van der Waals surface area (Å²) in [6, 6.07) is -0.570. The average molecular weight is 221 g/mol. The third-order valence-corrected chi connectivity index (χ3v) is 2.89. The number of fused-ring (bicyclic) bond motifs is 1. The fourth-order valence-electron chi connectivity index (χ4n) is 1.99. The Hall–Kier alpha value is -1.65. The molecule has 1 aliphatic carbocycles. The van der Waals surface area contributed by atoms with Gasteiger partial charge in [-0.25, -0.2) is 14.8 Å². The summed E-state index contributed by atoms with van der Waals surface area (Å²) < 4.78 is 0. The number of carboxylic acid groups (broad SMARTS) is 1. The highest BCUT2D eigenvalue weighted by Gasteiger charge is 2.21. The maximum atomic E-state index is 10.9. The number of nitrogens with zero attached hydrogens (tertiary/aromatic N) is 2. The van der Waals surface area contributed by atoms with E-state index < -0.39 is 12.0 Å². The first-order valence-corrected chi connectivity index (χ1v) is 5.54. The zero-order chi connectivity index (χ0) is 11.5. The van der Waals surface area contributed by atoms with Gasteiger partial charge >= 0.3 is 5.97 Å². The monoisotopic (exact) mass is 221 g/mol. The molecule has 0 fully saturated rings. The lowest BCUT2D eigenvalue weighted by atomic mass is 10.2. The van der Waals surface area contributed by atoms with Crippen LogP contribution in [0.4, 0.5) is 5.82 Å². The molecule has 5 heteroatoms. The lowest BCUT2D eigenvalue weighted by molar-refractivity contribution is -0.137. The molecule has 5 nitrogen and oxygen atoms in total. The standard InChI is InChI=1S/C11H15N3O2/c1-2-8(11(15)16)14-10-7-4-3-5-9(7)12-6-13-10/h6,8H,2-5H2,1H3,(H,15,16)(H,12,13,14). The molecule has 0 saturated heterocycles. The Bertz CT molecular complexity index is 406. The van der Waals surface area contributed by atoms with Crippen molar-refractivity contribution in [3.8, 4) is 0 Å². The van der Waals surface area contributed by atoms with Gasteiger partial charge in [0.05, 0.1) is 0 Å². The minimum Gasteiger partial charge on any atom is -0.480 e. The van der Waals surface area contributed by atoms with E-state index in [1.807, 2.05) is 6.92 Å². The van der Waals surface area contributed by atoms with Gasteiger partial charge < -0.3 is 10.4 Å². The van der Waals surface area contributed by atoms with Crippen LogP contribution in [0.15, 0.2) is 6.33 Å². The van der Waals surface area contributed by atoms with Crippen molar-refractivity contribution in [3.63, 3.8) is 0 Å². The molecule has 1 heterocycles. The summed E-state index contributed by atoms with van der Waals surface area (Å²) in [5, 5.41) is 12.0. The van der Waals surface area contributed by atoms with Gasteiger partial charge in [-0.05, 0) is 25.7 Å². The van der Waals surface area contributed by atoms with E-state index >= 15 is 0 Å². The van der Waals surface area contributed by atoms with Crippen molar-refractivity contribution in [2.24, 2.45) is 0 Å². The van der Waals surface area contributed by atoms with Gasteiger partial charge in [-0.3, -0.25) is 0 Å². The van der Waals surface area contributed by atoms with Crippen LogP contribution in [0.2, 0.25) is 0 Å². The third kappa shape index (κ3) is 1.98. The molecule has 0 aromatic carbocycles. The molecule has 1 aromatic rings. The number of carboxylic acids is 1. The molecule has 0 radical (unpaired) electrons. The van der Waals surface area contributed by atoms with Crippen molar-refractivity contribution in [1.82, 2.24) is 9.97 Å². The number of rotatable bonds is 4. The second-order valence-electron chi connectivity index (χ2n) is 3.94. The Morgan fingerprint density at radius 3 is 3.06 bits per heavy atom. The molecule has 0 aliphatic heterocycles. The molecule has 1 unspecified atom stereocenters. The Morgan fingerprint density at radius 2 is 2.38 bits per heavy atom. The summed E-state index contributed by atoms with van der Waals surface area (Å²) in [6.07, 6.45) is 5.02. The first-order valence-electron chi connectivity index (χ1n) is 5.54. The van der Waals surface area contributed by atoms with Crippen molar-refractivity contribution >= 4 is 11.8 Å². The van der Waals surface area contributed by atoms with E-state index in [4.69, 9.17) is 5.11 Å². The predicted octanol–water partition coefficient (Wildman–Crippen LogP) is 1.24. The highest BCUT2D eigenvalue weighted by Crippen LogP contribution is 2.25. The Morgan fingerprint density at radius 1 is 1.56 bits per heavy atom. The Balaban J connectivity index is 2.21. The zero-order valence-corrected chi connectivity index (χ0v) is 9.23. The maximum Gasteiger partial charge on any atom is 0.326 e. The number of aryl methyl sites for hydroxylation is 1. The number of hydrogen-bond acceptors (Lipinski definition) is 4. The van der Waals surface area contributed by atoms with E-state index in [1.165, 1.54) is 6.33 Å². The molecule has 1 aromatic heterocycles. The van der Waals surface area contributed by atoms with Crippen LogP contribution in [0.1, 0.15) is 31.0 Å². The van der Waals surface area contributed by atoms with Crippen molar-refractivity contribution in [3.05, 3.63) is 17.6 Å². The molecular formula is C11H15N3O2. The molecule has 1 atom stereocenters. The number of nitrogens with one attached hydrogen (secondary N) is 1. The molecule has 0 saturated carbocycles. The molecule has 16 heavy (non-hydrogen) atoms. The summed E-state index contributed by atoms with van der Waals surface area (Å²) in [5.41, 5.74) is 2.14. The summed E-state index contributed by atoms with van der Waals surface area (Å²) in [6.45, 7) is 1.84. The van der Waals surface area contributed by atoms with Gasteiger partial charge in [0, 0.05) is 11.3 Å². The quantitative estimate of drug-likeness (QED) is 0.800. The van der Waals surface area contributed by atoms with Crippen LogP contribution in [-0.4, -0.2) is 27.1 Å². The van der Waals surface area contributed by atoms with E-state index in [9.17, 15) is 4.79 Å². The van der Waals surface area contributed by atoms with E-state index in [0.29, 0.717) is 12.2 Å². The third-order valence-electron chi connectivity index (χ3n) is 2.89. The fourth-order valence-corrected chi connectivity index (χ4v) is 1.99. The second-order valence-corrected chi connectivity index (χ2v) is 3.94. The molecule has 0 spiro atoms. The normalized spacial score (nSPS) is 15.6. The van der Waals surface area contributed by atoms with Gasteiger partial charge in [0.1, 0.15) is 18.2 Å². The summed E-state index contributed by atoms with van der Waals surface area (Å²) in [7, 11) is 0. The van der Waals surface area contributed by atoms with Crippen LogP contribution < -0.4 is 5.32 Å². The maximum absolute atomic E-state index is 10.9. The first kappa shape index (κ1) is 10.9. The summed E-state index contributed by atoms with van der Waals surface area (Å²) in [4.78, 5) is 19.3. The molecule has 0 amide bonds. The smallest absolute Gasteiger partial charge is 0.326 e. The van der Waals surface area contributed by atoms with E-state index in [0.717, 1.165) is 30.5 Å². The topological polar surface area (TPSA) is 75.1 Å². The average Bonchev–Trinajstić information content (AvgIpc) is 2.73. The van der Waals surface area contributed by atoms with E-state index in [2.05, 4.69) is 15.3 Å². The Kier molecular flexibility index (Phi) is 3.03. The molecule has 2 N–H and O–H groups in total.